The van der Waals surface area contributed by atoms with Crippen molar-refractivity contribution in [2.75, 3.05) is 6.54 Å². The molecule has 1 atom stereocenters. The third-order valence-electron chi connectivity index (χ3n) is 2.69. The number of nitrogens with zero attached hydrogens (tertiary/aromatic N) is 1. The molecule has 0 aliphatic carbocycles. The molecule has 0 aromatic heterocycles. The summed E-state index contributed by atoms with van der Waals surface area (Å²) in [6.45, 7) is 6.81. The van der Waals surface area contributed by atoms with Crippen molar-refractivity contribution >= 4 is 17.8 Å². The molecule has 6 heteroatoms. The van der Waals surface area contributed by atoms with Crippen molar-refractivity contribution in [1.29, 1.82) is 0 Å². The Morgan fingerprint density at radius 2 is 1.68 bits per heavy atom. The molecule has 0 aliphatic rings. The molecule has 2 N–H and O–H groups in total. The van der Waals surface area contributed by atoms with Gasteiger partial charge in [0.2, 0.25) is 5.91 Å². The predicted octanol–water partition coefficient (Wildman–Crippen LogP) is 1.59. The zero-order valence-electron chi connectivity index (χ0n) is 12.0. The van der Waals surface area contributed by atoms with Crippen molar-refractivity contribution in [2.45, 2.75) is 53.0 Å². The van der Waals surface area contributed by atoms with E-state index in [2.05, 4.69) is 0 Å². The number of carboxylic acids is 2. The summed E-state index contributed by atoms with van der Waals surface area (Å²) < 4.78 is 0. The van der Waals surface area contributed by atoms with Crippen molar-refractivity contribution in [3.63, 3.8) is 0 Å². The van der Waals surface area contributed by atoms with Gasteiger partial charge in [-0.3, -0.25) is 9.59 Å². The number of hydrogen-bond acceptors (Lipinski definition) is 3. The third-order valence-corrected chi connectivity index (χ3v) is 2.69. The molecule has 110 valence electrons. The van der Waals surface area contributed by atoms with Gasteiger partial charge in [-0.2, -0.15) is 0 Å². The molecule has 1 unspecified atom stereocenters. The average molecular weight is 273 g/mol. The molecule has 0 fully saturated rings. The van der Waals surface area contributed by atoms with Crippen LogP contribution >= 0.6 is 0 Å². The maximum absolute atomic E-state index is 12.3. The second kappa shape index (κ2) is 7.11. The van der Waals surface area contributed by atoms with E-state index in [1.807, 2.05) is 6.92 Å². The lowest BCUT2D eigenvalue weighted by Gasteiger charge is -2.33. The van der Waals surface area contributed by atoms with Crippen molar-refractivity contribution in [2.24, 2.45) is 5.41 Å². The molecule has 0 aromatic rings. The van der Waals surface area contributed by atoms with Gasteiger partial charge in [0.15, 0.2) is 0 Å². The molecule has 0 aromatic carbocycles. The van der Waals surface area contributed by atoms with Gasteiger partial charge in [-0.25, -0.2) is 4.79 Å². The summed E-state index contributed by atoms with van der Waals surface area (Å²) in [6.07, 6.45) is 0.671. The average Bonchev–Trinajstić information content (AvgIpc) is 2.25. The number of carbonyl (C=O) groups excluding carboxylic acids is 1. The van der Waals surface area contributed by atoms with Gasteiger partial charge in [0.25, 0.3) is 0 Å². The van der Waals surface area contributed by atoms with Crippen LogP contribution < -0.4 is 0 Å². The number of carbonyl (C=O) groups is 3. The van der Waals surface area contributed by atoms with E-state index in [0.717, 1.165) is 0 Å². The second-order valence-electron chi connectivity index (χ2n) is 5.53. The summed E-state index contributed by atoms with van der Waals surface area (Å²) in [6, 6.07) is -0.962. The van der Waals surface area contributed by atoms with E-state index in [0.29, 0.717) is 12.8 Å². The van der Waals surface area contributed by atoms with Crippen LogP contribution in [0.15, 0.2) is 0 Å². The third kappa shape index (κ3) is 5.72. The Morgan fingerprint density at radius 3 is 2.00 bits per heavy atom. The molecule has 0 saturated carbocycles. The Morgan fingerprint density at radius 1 is 1.16 bits per heavy atom. The smallest absolute Gasteiger partial charge is 0.326 e. The number of aliphatic carboxylic acids is 2. The van der Waals surface area contributed by atoms with E-state index >= 15 is 0 Å². The first-order chi connectivity index (χ1) is 8.61. The standard InChI is InChI=1S/C13H23NO5/c1-5-6-9(11(17)18)14(8-7-10(15)16)12(19)13(2,3)4/h9H,5-8H2,1-4H3,(H,15,16)(H,17,18). The normalized spacial score (nSPS) is 12.8. The molecule has 0 heterocycles. The van der Waals surface area contributed by atoms with Gasteiger partial charge < -0.3 is 15.1 Å². The molecule has 0 rings (SSSR count). The summed E-state index contributed by atoms with van der Waals surface area (Å²) in [4.78, 5) is 35.4. The van der Waals surface area contributed by atoms with Gasteiger partial charge in [0.05, 0.1) is 6.42 Å². The van der Waals surface area contributed by atoms with Crippen molar-refractivity contribution < 1.29 is 24.6 Å². The van der Waals surface area contributed by atoms with E-state index in [-0.39, 0.29) is 18.9 Å². The highest BCUT2D eigenvalue weighted by Crippen LogP contribution is 2.21. The van der Waals surface area contributed by atoms with E-state index in [1.165, 1.54) is 4.90 Å². The summed E-state index contributed by atoms with van der Waals surface area (Å²) in [7, 11) is 0. The van der Waals surface area contributed by atoms with Gasteiger partial charge in [-0.05, 0) is 6.42 Å². The van der Waals surface area contributed by atoms with Crippen LogP contribution in [0.3, 0.4) is 0 Å². The monoisotopic (exact) mass is 273 g/mol. The number of hydrogen-bond donors (Lipinski definition) is 2. The fourth-order valence-electron chi connectivity index (χ4n) is 1.73. The van der Waals surface area contributed by atoms with E-state index in [9.17, 15) is 19.5 Å². The molecular weight excluding hydrogens is 250 g/mol. The lowest BCUT2D eigenvalue weighted by Crippen LogP contribution is -2.50. The molecule has 6 nitrogen and oxygen atoms in total. The summed E-state index contributed by atoms with van der Waals surface area (Å²) in [5.41, 5.74) is -0.736. The second-order valence-corrected chi connectivity index (χ2v) is 5.53. The van der Waals surface area contributed by atoms with Gasteiger partial charge in [-0.15, -0.1) is 0 Å². The number of amides is 1. The van der Waals surface area contributed by atoms with Crippen LogP contribution in [0, 0.1) is 5.41 Å². The highest BCUT2D eigenvalue weighted by molar-refractivity contribution is 5.87. The van der Waals surface area contributed by atoms with Gasteiger partial charge >= 0.3 is 11.9 Å². The molecule has 0 saturated heterocycles. The van der Waals surface area contributed by atoms with E-state index in [1.54, 1.807) is 20.8 Å². The van der Waals surface area contributed by atoms with Crippen molar-refractivity contribution in [3.8, 4) is 0 Å². The first-order valence-electron chi connectivity index (χ1n) is 6.37. The van der Waals surface area contributed by atoms with Crippen LogP contribution in [0.2, 0.25) is 0 Å². The quantitative estimate of drug-likeness (QED) is 0.734. The van der Waals surface area contributed by atoms with Crippen LogP contribution in [-0.4, -0.2) is 45.5 Å². The molecular formula is C13H23NO5. The minimum atomic E-state index is -1.09. The van der Waals surface area contributed by atoms with Crippen LogP contribution in [0.1, 0.15) is 47.0 Å². The molecule has 0 aliphatic heterocycles. The largest absolute Gasteiger partial charge is 0.481 e. The van der Waals surface area contributed by atoms with Crippen molar-refractivity contribution in [1.82, 2.24) is 4.90 Å². The van der Waals surface area contributed by atoms with Gasteiger partial charge in [0, 0.05) is 12.0 Å². The molecule has 1 amide bonds. The van der Waals surface area contributed by atoms with Crippen molar-refractivity contribution in [3.05, 3.63) is 0 Å². The summed E-state index contributed by atoms with van der Waals surface area (Å²) in [5, 5.41) is 17.9. The van der Waals surface area contributed by atoms with Crippen LogP contribution in [-0.2, 0) is 14.4 Å². The Labute approximate surface area is 113 Å². The minimum Gasteiger partial charge on any atom is -0.481 e. The lowest BCUT2D eigenvalue weighted by molar-refractivity contribution is -0.155. The van der Waals surface area contributed by atoms with E-state index in [4.69, 9.17) is 5.11 Å². The number of rotatable bonds is 7. The lowest BCUT2D eigenvalue weighted by atomic mass is 9.93. The highest BCUT2D eigenvalue weighted by Gasteiger charge is 2.35. The maximum Gasteiger partial charge on any atom is 0.326 e. The Hall–Kier alpha value is -1.59. The van der Waals surface area contributed by atoms with Crippen LogP contribution in [0.5, 0.6) is 0 Å². The fourth-order valence-corrected chi connectivity index (χ4v) is 1.73. The topological polar surface area (TPSA) is 94.9 Å². The van der Waals surface area contributed by atoms with E-state index < -0.39 is 23.4 Å². The van der Waals surface area contributed by atoms with Gasteiger partial charge in [-0.1, -0.05) is 34.1 Å². The molecule has 0 bridgehead atoms. The van der Waals surface area contributed by atoms with Crippen LogP contribution in [0.4, 0.5) is 0 Å². The first-order valence-corrected chi connectivity index (χ1v) is 6.37. The Kier molecular flexibility index (Phi) is 6.52. The molecule has 0 spiro atoms. The fraction of sp³-hybridized carbons (Fsp3) is 0.769. The summed E-state index contributed by atoms with van der Waals surface area (Å²) in [5.74, 6) is -2.48. The molecule has 19 heavy (non-hydrogen) atoms. The Balaban J connectivity index is 5.17. The first kappa shape index (κ1) is 17.4. The zero-order chi connectivity index (χ0) is 15.2. The maximum atomic E-state index is 12.3. The minimum absolute atomic E-state index is 0.0809. The summed E-state index contributed by atoms with van der Waals surface area (Å²) >= 11 is 0. The number of carboxylic acid groups (broad SMARTS) is 2. The SMILES string of the molecule is CCCC(C(=O)O)N(CCC(=O)O)C(=O)C(C)(C)C. The highest BCUT2D eigenvalue weighted by atomic mass is 16.4. The Bertz CT molecular complexity index is 345. The van der Waals surface area contributed by atoms with Gasteiger partial charge in [0.1, 0.15) is 6.04 Å². The van der Waals surface area contributed by atoms with Crippen LogP contribution in [0.25, 0.3) is 0 Å². The zero-order valence-corrected chi connectivity index (χ0v) is 12.0. The molecule has 0 radical (unpaired) electrons. The predicted molar refractivity (Wildman–Crippen MR) is 69.8 cm³/mol.